The Morgan fingerprint density at radius 1 is 0.939 bits per heavy atom. The average molecular weight is 450 g/mol. The molecule has 0 saturated heterocycles. The summed E-state index contributed by atoms with van der Waals surface area (Å²) in [6, 6.07) is 17.3. The highest BCUT2D eigenvalue weighted by Crippen LogP contribution is 2.27. The Morgan fingerprint density at radius 3 is 2.64 bits per heavy atom. The number of nitrogens with one attached hydrogen (secondary N) is 1. The van der Waals surface area contributed by atoms with E-state index in [0.29, 0.717) is 19.7 Å². The molecular formula is C26H25F2N3O2. The second-order valence-electron chi connectivity index (χ2n) is 8.50. The molecule has 0 fully saturated rings. The maximum Gasteiger partial charge on any atom is 0.322 e. The van der Waals surface area contributed by atoms with E-state index in [1.807, 2.05) is 6.07 Å². The van der Waals surface area contributed by atoms with Crippen molar-refractivity contribution in [2.75, 3.05) is 25.0 Å². The van der Waals surface area contributed by atoms with E-state index in [-0.39, 0.29) is 5.69 Å². The van der Waals surface area contributed by atoms with Crippen molar-refractivity contribution in [2.24, 2.45) is 0 Å². The molecule has 0 saturated carbocycles. The first kappa shape index (κ1) is 21.4. The van der Waals surface area contributed by atoms with Gasteiger partial charge in [-0.1, -0.05) is 30.3 Å². The van der Waals surface area contributed by atoms with Crippen LogP contribution in [-0.2, 0) is 26.1 Å². The van der Waals surface area contributed by atoms with Gasteiger partial charge in [-0.05, 0) is 47.4 Å². The number of nitrogens with zero attached hydrogens (tertiary/aromatic N) is 2. The number of fused-ring (bicyclic) bond motifs is 2. The van der Waals surface area contributed by atoms with Crippen molar-refractivity contribution >= 4 is 11.7 Å². The fourth-order valence-electron chi connectivity index (χ4n) is 4.45. The summed E-state index contributed by atoms with van der Waals surface area (Å²) in [6.07, 6.45) is 1.04. The maximum absolute atomic E-state index is 14.0. The van der Waals surface area contributed by atoms with Crippen LogP contribution in [-0.4, -0.2) is 35.5 Å². The molecule has 3 aromatic rings. The van der Waals surface area contributed by atoms with E-state index in [9.17, 15) is 13.6 Å². The molecule has 0 unspecified atom stereocenters. The van der Waals surface area contributed by atoms with Crippen LogP contribution in [0.3, 0.4) is 0 Å². The molecule has 0 atom stereocenters. The van der Waals surface area contributed by atoms with Crippen LogP contribution in [0.4, 0.5) is 19.3 Å². The van der Waals surface area contributed by atoms with E-state index >= 15 is 0 Å². The van der Waals surface area contributed by atoms with Gasteiger partial charge in [-0.15, -0.1) is 0 Å². The highest BCUT2D eigenvalue weighted by atomic mass is 19.1. The van der Waals surface area contributed by atoms with Crippen LogP contribution < -0.4 is 10.1 Å². The number of halogens is 2. The van der Waals surface area contributed by atoms with E-state index in [4.69, 9.17) is 4.74 Å². The van der Waals surface area contributed by atoms with Crippen molar-refractivity contribution in [1.29, 1.82) is 0 Å². The Labute approximate surface area is 191 Å². The number of rotatable bonds is 3. The average Bonchev–Trinajstić information content (AvgIpc) is 3.03. The molecule has 33 heavy (non-hydrogen) atoms. The van der Waals surface area contributed by atoms with Gasteiger partial charge in [-0.2, -0.15) is 0 Å². The molecule has 2 aliphatic heterocycles. The third-order valence-corrected chi connectivity index (χ3v) is 6.18. The molecule has 0 aromatic heterocycles. The highest BCUT2D eigenvalue weighted by Gasteiger charge is 2.22. The molecule has 0 aliphatic carbocycles. The SMILES string of the molecule is O=C(Nc1ccc(F)cc1F)N1CCOc2ccc(CN3CCc4ccccc4C3)cc2C1. The molecule has 0 bridgehead atoms. The number of urea groups is 1. The molecule has 0 radical (unpaired) electrons. The summed E-state index contributed by atoms with van der Waals surface area (Å²) in [5, 5.41) is 2.54. The van der Waals surface area contributed by atoms with E-state index < -0.39 is 17.7 Å². The number of benzene rings is 3. The summed E-state index contributed by atoms with van der Waals surface area (Å²) in [5.41, 5.74) is 4.81. The van der Waals surface area contributed by atoms with Gasteiger partial charge < -0.3 is 15.0 Å². The fourth-order valence-corrected chi connectivity index (χ4v) is 4.45. The van der Waals surface area contributed by atoms with E-state index in [0.717, 1.165) is 55.1 Å². The minimum atomic E-state index is -0.805. The molecule has 7 heteroatoms. The summed E-state index contributed by atoms with van der Waals surface area (Å²) >= 11 is 0. The van der Waals surface area contributed by atoms with Crippen molar-refractivity contribution in [2.45, 2.75) is 26.1 Å². The minimum Gasteiger partial charge on any atom is -0.491 e. The maximum atomic E-state index is 14.0. The zero-order valence-electron chi connectivity index (χ0n) is 18.2. The van der Waals surface area contributed by atoms with Gasteiger partial charge in [-0.25, -0.2) is 13.6 Å². The van der Waals surface area contributed by atoms with Crippen molar-refractivity contribution < 1.29 is 18.3 Å². The standard InChI is InChI=1S/C26H25F2N3O2/c27-22-6-7-24(23(28)14-22)29-26(32)31-11-12-33-25-8-5-18(13-21(25)17-31)15-30-10-9-19-3-1-2-4-20(19)16-30/h1-8,13-14H,9-12,15-17H2,(H,29,32). The van der Waals surface area contributed by atoms with Crippen LogP contribution in [0, 0.1) is 11.6 Å². The third kappa shape index (κ3) is 4.83. The number of amides is 2. The number of carbonyl (C=O) groups is 1. The number of carbonyl (C=O) groups excluding carboxylic acids is 1. The van der Waals surface area contributed by atoms with Gasteiger partial charge >= 0.3 is 6.03 Å². The van der Waals surface area contributed by atoms with Crippen molar-refractivity contribution in [3.8, 4) is 5.75 Å². The Hall–Kier alpha value is -3.45. The first-order valence-electron chi connectivity index (χ1n) is 11.1. The monoisotopic (exact) mass is 449 g/mol. The minimum absolute atomic E-state index is 0.0501. The highest BCUT2D eigenvalue weighted by molar-refractivity contribution is 5.89. The molecular weight excluding hydrogens is 424 g/mol. The van der Waals surface area contributed by atoms with E-state index in [1.165, 1.54) is 17.2 Å². The normalized spacial score (nSPS) is 15.8. The van der Waals surface area contributed by atoms with Crippen LogP contribution in [0.5, 0.6) is 5.75 Å². The van der Waals surface area contributed by atoms with Crippen LogP contribution in [0.15, 0.2) is 60.7 Å². The van der Waals surface area contributed by atoms with Crippen LogP contribution in [0.25, 0.3) is 0 Å². The van der Waals surface area contributed by atoms with Crippen molar-refractivity contribution in [1.82, 2.24) is 9.80 Å². The Balaban J connectivity index is 1.28. The van der Waals surface area contributed by atoms with Crippen LogP contribution in [0.1, 0.15) is 22.3 Å². The van der Waals surface area contributed by atoms with Gasteiger partial charge in [0.1, 0.15) is 24.0 Å². The molecule has 170 valence electrons. The molecule has 5 nitrogen and oxygen atoms in total. The zero-order chi connectivity index (χ0) is 22.8. The summed E-state index contributed by atoms with van der Waals surface area (Å²) in [5.74, 6) is -0.737. The largest absolute Gasteiger partial charge is 0.491 e. The lowest BCUT2D eigenvalue weighted by Crippen LogP contribution is -2.36. The summed E-state index contributed by atoms with van der Waals surface area (Å²) in [7, 11) is 0. The fraction of sp³-hybridized carbons (Fsp3) is 0.269. The molecule has 5 rings (SSSR count). The Kier molecular flexibility index (Phi) is 5.96. The third-order valence-electron chi connectivity index (χ3n) is 6.18. The molecule has 1 N–H and O–H groups in total. The quantitative estimate of drug-likeness (QED) is 0.616. The number of hydrogen-bond donors (Lipinski definition) is 1. The number of anilines is 1. The first-order valence-corrected chi connectivity index (χ1v) is 11.1. The summed E-state index contributed by atoms with van der Waals surface area (Å²) < 4.78 is 33.0. The lowest BCUT2D eigenvalue weighted by Gasteiger charge is -2.29. The smallest absolute Gasteiger partial charge is 0.322 e. The zero-order valence-corrected chi connectivity index (χ0v) is 18.2. The predicted molar refractivity (Wildman–Crippen MR) is 122 cm³/mol. The molecule has 3 aromatic carbocycles. The second kappa shape index (κ2) is 9.19. The molecule has 2 aliphatic rings. The summed E-state index contributed by atoms with van der Waals surface area (Å²) in [6.45, 7) is 3.79. The van der Waals surface area contributed by atoms with Gasteiger partial charge in [0.05, 0.1) is 18.8 Å². The lowest BCUT2D eigenvalue weighted by atomic mass is 9.99. The summed E-state index contributed by atoms with van der Waals surface area (Å²) in [4.78, 5) is 16.8. The molecule has 0 spiro atoms. The van der Waals surface area contributed by atoms with Crippen molar-refractivity contribution in [3.63, 3.8) is 0 Å². The number of ether oxygens (including phenoxy) is 1. The number of hydrogen-bond acceptors (Lipinski definition) is 3. The van der Waals surface area contributed by atoms with Gasteiger partial charge in [0.2, 0.25) is 0 Å². The molecule has 2 heterocycles. The van der Waals surface area contributed by atoms with E-state index in [2.05, 4.69) is 46.6 Å². The second-order valence-corrected chi connectivity index (χ2v) is 8.50. The van der Waals surface area contributed by atoms with Crippen LogP contribution >= 0.6 is 0 Å². The first-order chi connectivity index (χ1) is 16.0. The van der Waals surface area contributed by atoms with Gasteiger partial charge in [-0.3, -0.25) is 4.90 Å². The topological polar surface area (TPSA) is 44.8 Å². The van der Waals surface area contributed by atoms with Gasteiger partial charge in [0.25, 0.3) is 0 Å². The predicted octanol–water partition coefficient (Wildman–Crippen LogP) is 4.95. The van der Waals surface area contributed by atoms with E-state index in [1.54, 1.807) is 4.90 Å². The van der Waals surface area contributed by atoms with Gasteiger partial charge in [0.15, 0.2) is 0 Å². The van der Waals surface area contributed by atoms with Crippen LogP contribution in [0.2, 0.25) is 0 Å². The lowest BCUT2D eigenvalue weighted by molar-refractivity contribution is 0.200. The van der Waals surface area contributed by atoms with Crippen molar-refractivity contribution in [3.05, 3.63) is 94.6 Å². The molecule has 2 amide bonds. The van der Waals surface area contributed by atoms with Gasteiger partial charge in [0, 0.05) is 31.3 Å². The Morgan fingerprint density at radius 2 is 1.79 bits per heavy atom. The Bertz CT molecular complexity index is 1180.